The summed E-state index contributed by atoms with van der Waals surface area (Å²) in [6.45, 7) is 0. The number of aromatic carboxylic acids is 1. The number of nitrogens with one attached hydrogen (secondary N) is 1. The van der Waals surface area contributed by atoms with Crippen LogP contribution in [0.15, 0.2) is 58.4 Å². The molecule has 1 fully saturated rings. The molecule has 0 bridgehead atoms. The molecule has 130 valence electrons. The van der Waals surface area contributed by atoms with Crippen molar-refractivity contribution in [3.05, 3.63) is 74.7 Å². The fourth-order valence-corrected chi connectivity index (χ4v) is 3.02. The predicted molar refractivity (Wildman–Crippen MR) is 97.3 cm³/mol. The molecule has 2 N–H and O–H groups in total. The summed E-state index contributed by atoms with van der Waals surface area (Å²) in [5.41, 5.74) is 0.852. The Labute approximate surface area is 151 Å². The Morgan fingerprint density at radius 1 is 1.19 bits per heavy atom. The van der Waals surface area contributed by atoms with Crippen LogP contribution >= 0.6 is 11.8 Å². The smallest absolute Gasteiger partial charge is 0.337 e. The molecule has 26 heavy (non-hydrogen) atoms. The summed E-state index contributed by atoms with van der Waals surface area (Å²) in [7, 11) is 0. The maximum atomic E-state index is 12.1. The second kappa shape index (κ2) is 7.19. The highest BCUT2D eigenvalue weighted by molar-refractivity contribution is 8.18. The number of carboxylic acids is 1. The van der Waals surface area contributed by atoms with Crippen molar-refractivity contribution in [1.82, 2.24) is 5.32 Å². The SMILES string of the molecule is O=C1NC(=Nc2ccccc2C(=O)O)SC1=Cc1ccc([N+](=O)[O-])cc1. The number of amidine groups is 1. The lowest BCUT2D eigenvalue weighted by Gasteiger charge is -2.00. The lowest BCUT2D eigenvalue weighted by molar-refractivity contribution is -0.384. The molecule has 0 spiro atoms. The van der Waals surface area contributed by atoms with Gasteiger partial charge in [-0.05, 0) is 47.7 Å². The minimum Gasteiger partial charge on any atom is -0.478 e. The van der Waals surface area contributed by atoms with Crippen LogP contribution in [0.1, 0.15) is 15.9 Å². The number of carbonyl (C=O) groups is 2. The van der Waals surface area contributed by atoms with E-state index in [0.29, 0.717) is 10.5 Å². The van der Waals surface area contributed by atoms with Crippen LogP contribution in [-0.4, -0.2) is 27.1 Å². The monoisotopic (exact) mass is 369 g/mol. The maximum Gasteiger partial charge on any atom is 0.337 e. The third-order valence-corrected chi connectivity index (χ3v) is 4.32. The Morgan fingerprint density at radius 2 is 1.88 bits per heavy atom. The van der Waals surface area contributed by atoms with E-state index in [2.05, 4.69) is 10.3 Å². The molecule has 0 saturated carbocycles. The number of benzene rings is 2. The highest BCUT2D eigenvalue weighted by atomic mass is 32.2. The number of carbonyl (C=O) groups excluding carboxylic acids is 1. The van der Waals surface area contributed by atoms with Gasteiger partial charge in [-0.2, -0.15) is 0 Å². The van der Waals surface area contributed by atoms with Crippen molar-refractivity contribution in [2.75, 3.05) is 0 Å². The van der Waals surface area contributed by atoms with Crippen LogP contribution in [0, 0.1) is 10.1 Å². The van der Waals surface area contributed by atoms with Crippen LogP contribution in [0.3, 0.4) is 0 Å². The van der Waals surface area contributed by atoms with Crippen molar-refractivity contribution in [3.63, 3.8) is 0 Å². The van der Waals surface area contributed by atoms with Crippen LogP contribution in [0.4, 0.5) is 11.4 Å². The number of nitrogens with zero attached hydrogens (tertiary/aromatic N) is 2. The van der Waals surface area contributed by atoms with E-state index < -0.39 is 10.9 Å². The van der Waals surface area contributed by atoms with E-state index in [-0.39, 0.29) is 28.0 Å². The largest absolute Gasteiger partial charge is 0.478 e. The number of hydrogen-bond donors (Lipinski definition) is 2. The normalized spacial score (nSPS) is 16.7. The van der Waals surface area contributed by atoms with Crippen molar-refractivity contribution < 1.29 is 19.6 Å². The minimum atomic E-state index is -1.11. The number of rotatable bonds is 4. The highest BCUT2D eigenvalue weighted by Gasteiger charge is 2.24. The topological polar surface area (TPSA) is 122 Å². The molecule has 0 unspecified atom stereocenters. The van der Waals surface area contributed by atoms with Gasteiger partial charge < -0.3 is 10.4 Å². The number of carboxylic acid groups (broad SMARTS) is 1. The molecule has 0 aliphatic carbocycles. The van der Waals surface area contributed by atoms with Crippen LogP contribution in [0.25, 0.3) is 6.08 Å². The van der Waals surface area contributed by atoms with Gasteiger partial charge >= 0.3 is 5.97 Å². The quantitative estimate of drug-likeness (QED) is 0.485. The van der Waals surface area contributed by atoms with Crippen molar-refractivity contribution in [3.8, 4) is 0 Å². The zero-order valence-electron chi connectivity index (χ0n) is 13.1. The number of thioether (sulfide) groups is 1. The first-order chi connectivity index (χ1) is 12.4. The lowest BCUT2D eigenvalue weighted by Crippen LogP contribution is -2.19. The summed E-state index contributed by atoms with van der Waals surface area (Å²) < 4.78 is 0. The van der Waals surface area contributed by atoms with Crippen molar-refractivity contribution >= 4 is 46.3 Å². The van der Waals surface area contributed by atoms with E-state index in [1.54, 1.807) is 24.3 Å². The van der Waals surface area contributed by atoms with Gasteiger partial charge in [-0.25, -0.2) is 9.79 Å². The average Bonchev–Trinajstić information content (AvgIpc) is 2.95. The average molecular weight is 369 g/mol. The second-order valence-electron chi connectivity index (χ2n) is 5.15. The molecular weight excluding hydrogens is 358 g/mol. The number of para-hydroxylation sites is 1. The van der Waals surface area contributed by atoms with E-state index in [1.807, 2.05) is 0 Å². The number of aliphatic imine (C=N–C) groups is 1. The zero-order chi connectivity index (χ0) is 18.7. The maximum absolute atomic E-state index is 12.1. The van der Waals surface area contributed by atoms with E-state index in [9.17, 15) is 24.8 Å². The Hall–Kier alpha value is -3.46. The highest BCUT2D eigenvalue weighted by Crippen LogP contribution is 2.29. The molecule has 2 aromatic rings. The van der Waals surface area contributed by atoms with Crippen LogP contribution < -0.4 is 5.32 Å². The van der Waals surface area contributed by atoms with Crippen LogP contribution in [0.2, 0.25) is 0 Å². The van der Waals surface area contributed by atoms with Gasteiger partial charge in [0.25, 0.3) is 11.6 Å². The molecule has 0 aromatic heterocycles. The molecule has 1 aliphatic heterocycles. The Kier molecular flexibility index (Phi) is 4.81. The van der Waals surface area contributed by atoms with Gasteiger partial charge in [0, 0.05) is 12.1 Å². The number of hydrogen-bond acceptors (Lipinski definition) is 6. The standard InChI is InChI=1S/C17H11N3O5S/c21-15-14(9-10-5-7-11(8-6-10)20(24)25)26-17(19-15)18-13-4-2-1-3-12(13)16(22)23/h1-9H,(H,22,23)(H,18,19,21). The van der Waals surface area contributed by atoms with E-state index in [4.69, 9.17) is 0 Å². The van der Waals surface area contributed by atoms with E-state index in [1.165, 1.54) is 30.3 Å². The van der Waals surface area contributed by atoms with E-state index in [0.717, 1.165) is 11.8 Å². The third-order valence-electron chi connectivity index (χ3n) is 3.41. The summed E-state index contributed by atoms with van der Waals surface area (Å²) in [5.74, 6) is -1.49. The molecule has 8 nitrogen and oxygen atoms in total. The lowest BCUT2D eigenvalue weighted by atomic mass is 10.2. The summed E-state index contributed by atoms with van der Waals surface area (Å²) in [6.07, 6.45) is 1.58. The molecule has 3 rings (SSSR count). The number of nitro groups is 1. The summed E-state index contributed by atoms with van der Waals surface area (Å²) >= 11 is 1.06. The number of nitro benzene ring substituents is 1. The van der Waals surface area contributed by atoms with E-state index >= 15 is 0 Å². The summed E-state index contributed by atoms with van der Waals surface area (Å²) in [5, 5.41) is 22.7. The minimum absolute atomic E-state index is 0.0302. The first-order valence-electron chi connectivity index (χ1n) is 7.30. The molecule has 1 amide bonds. The van der Waals surface area contributed by atoms with Gasteiger partial charge in [0.2, 0.25) is 0 Å². The molecule has 2 aromatic carbocycles. The van der Waals surface area contributed by atoms with Gasteiger partial charge in [0.05, 0.1) is 21.1 Å². The molecule has 9 heteroatoms. The third kappa shape index (κ3) is 3.78. The molecule has 1 aliphatic rings. The van der Waals surface area contributed by atoms with Gasteiger partial charge in [0.15, 0.2) is 5.17 Å². The van der Waals surface area contributed by atoms with Crippen molar-refractivity contribution in [2.45, 2.75) is 0 Å². The fraction of sp³-hybridized carbons (Fsp3) is 0. The molecular formula is C17H11N3O5S. The van der Waals surface area contributed by atoms with Gasteiger partial charge in [0.1, 0.15) is 0 Å². The molecule has 0 atom stereocenters. The van der Waals surface area contributed by atoms with Crippen molar-refractivity contribution in [2.24, 2.45) is 4.99 Å². The number of non-ortho nitro benzene ring substituents is 1. The molecule has 1 saturated heterocycles. The molecule has 0 radical (unpaired) electrons. The second-order valence-corrected chi connectivity index (χ2v) is 6.18. The molecule has 1 heterocycles. The first kappa shape index (κ1) is 17.4. The Balaban J connectivity index is 1.85. The van der Waals surface area contributed by atoms with Crippen molar-refractivity contribution in [1.29, 1.82) is 0 Å². The fourth-order valence-electron chi connectivity index (χ4n) is 2.19. The van der Waals surface area contributed by atoms with Crippen LogP contribution in [-0.2, 0) is 4.79 Å². The Morgan fingerprint density at radius 3 is 2.54 bits per heavy atom. The number of amides is 1. The predicted octanol–water partition coefficient (Wildman–Crippen LogP) is 3.18. The summed E-state index contributed by atoms with van der Waals surface area (Å²) in [4.78, 5) is 38.0. The summed E-state index contributed by atoms with van der Waals surface area (Å²) in [6, 6.07) is 12.0. The van der Waals surface area contributed by atoms with Gasteiger partial charge in [-0.3, -0.25) is 14.9 Å². The van der Waals surface area contributed by atoms with Gasteiger partial charge in [-0.1, -0.05) is 12.1 Å². The zero-order valence-corrected chi connectivity index (χ0v) is 13.9. The van der Waals surface area contributed by atoms with Crippen LogP contribution in [0.5, 0.6) is 0 Å². The first-order valence-corrected chi connectivity index (χ1v) is 8.12. The van der Waals surface area contributed by atoms with Gasteiger partial charge in [-0.15, -0.1) is 0 Å². The Bertz CT molecular complexity index is 967.